The fourth-order valence-corrected chi connectivity index (χ4v) is 3.34. The molecular formula is C18H16ClFN4O4. The molecule has 2 amide bonds. The number of halogens is 2. The van der Waals surface area contributed by atoms with Crippen molar-refractivity contribution in [3.8, 4) is 0 Å². The van der Waals surface area contributed by atoms with Crippen molar-refractivity contribution < 1.29 is 18.9 Å². The largest absolute Gasteiger partial charge is 0.367 e. The lowest BCUT2D eigenvalue weighted by molar-refractivity contribution is -0.384. The van der Waals surface area contributed by atoms with Gasteiger partial charge in [-0.3, -0.25) is 19.7 Å². The molecule has 2 aromatic carbocycles. The summed E-state index contributed by atoms with van der Waals surface area (Å²) in [5.74, 6) is -1.61. The van der Waals surface area contributed by atoms with Crippen LogP contribution in [0.1, 0.15) is 20.7 Å². The number of non-ortho nitro benzene ring substituents is 1. The highest BCUT2D eigenvalue weighted by atomic mass is 35.5. The number of nitro benzene ring substituents is 1. The Labute approximate surface area is 164 Å². The fourth-order valence-electron chi connectivity index (χ4n) is 3.09. The van der Waals surface area contributed by atoms with E-state index in [2.05, 4.69) is 0 Å². The van der Waals surface area contributed by atoms with Crippen LogP contribution in [0.4, 0.5) is 15.8 Å². The fraction of sp³-hybridized carbons (Fsp3) is 0.222. The summed E-state index contributed by atoms with van der Waals surface area (Å²) in [6, 6.07) is 7.53. The lowest BCUT2D eigenvalue weighted by Gasteiger charge is -2.36. The van der Waals surface area contributed by atoms with Crippen molar-refractivity contribution in [2.45, 2.75) is 0 Å². The van der Waals surface area contributed by atoms with Crippen LogP contribution in [0.25, 0.3) is 0 Å². The third kappa shape index (κ3) is 3.89. The Morgan fingerprint density at radius 3 is 2.32 bits per heavy atom. The number of amides is 2. The molecule has 1 fully saturated rings. The molecule has 0 saturated carbocycles. The van der Waals surface area contributed by atoms with Gasteiger partial charge in [0.25, 0.3) is 17.5 Å². The molecule has 10 heteroatoms. The number of nitro groups is 1. The molecule has 0 radical (unpaired) electrons. The van der Waals surface area contributed by atoms with E-state index in [0.717, 1.165) is 12.1 Å². The number of piperazine rings is 1. The average Bonchev–Trinajstić information content (AvgIpc) is 2.67. The first-order valence-electron chi connectivity index (χ1n) is 8.35. The molecule has 0 spiro atoms. The molecule has 8 nitrogen and oxygen atoms in total. The van der Waals surface area contributed by atoms with Crippen LogP contribution in [0.5, 0.6) is 0 Å². The minimum atomic E-state index is -0.768. The number of carbonyl (C=O) groups is 2. The maximum atomic E-state index is 13.2. The molecule has 1 aliphatic heterocycles. The number of anilines is 1. The van der Waals surface area contributed by atoms with E-state index in [1.165, 1.54) is 24.3 Å². The van der Waals surface area contributed by atoms with Gasteiger partial charge in [-0.25, -0.2) is 4.39 Å². The minimum absolute atomic E-state index is 0.0406. The smallest absolute Gasteiger partial charge is 0.270 e. The maximum absolute atomic E-state index is 13.2. The van der Waals surface area contributed by atoms with Crippen molar-refractivity contribution in [1.29, 1.82) is 0 Å². The van der Waals surface area contributed by atoms with Crippen LogP contribution in [0.15, 0.2) is 36.4 Å². The zero-order valence-corrected chi connectivity index (χ0v) is 15.4. The Hall–Kier alpha value is -3.20. The van der Waals surface area contributed by atoms with Crippen LogP contribution in [0.3, 0.4) is 0 Å². The van der Waals surface area contributed by atoms with Crippen LogP contribution in [-0.2, 0) is 0 Å². The van der Waals surface area contributed by atoms with Gasteiger partial charge in [-0.05, 0) is 24.3 Å². The number of carbonyl (C=O) groups excluding carboxylic acids is 2. The van der Waals surface area contributed by atoms with Crippen molar-refractivity contribution in [2.75, 3.05) is 31.1 Å². The van der Waals surface area contributed by atoms with Gasteiger partial charge < -0.3 is 15.5 Å². The van der Waals surface area contributed by atoms with Gasteiger partial charge in [-0.15, -0.1) is 0 Å². The molecule has 0 bridgehead atoms. The molecule has 0 aliphatic carbocycles. The number of hydrogen-bond acceptors (Lipinski definition) is 5. The summed E-state index contributed by atoms with van der Waals surface area (Å²) in [5, 5.41) is 11.0. The summed E-state index contributed by atoms with van der Waals surface area (Å²) in [6.45, 7) is 1.45. The Balaban J connectivity index is 1.76. The van der Waals surface area contributed by atoms with Crippen LogP contribution >= 0.6 is 11.6 Å². The summed E-state index contributed by atoms with van der Waals surface area (Å²) >= 11 is 5.96. The average molecular weight is 407 g/mol. The molecule has 146 valence electrons. The second kappa shape index (κ2) is 7.81. The van der Waals surface area contributed by atoms with Crippen molar-refractivity contribution in [2.24, 2.45) is 5.73 Å². The van der Waals surface area contributed by atoms with E-state index in [1.807, 2.05) is 4.90 Å². The Morgan fingerprint density at radius 1 is 1.07 bits per heavy atom. The lowest BCUT2D eigenvalue weighted by atomic mass is 10.1. The second-order valence-electron chi connectivity index (χ2n) is 6.23. The highest BCUT2D eigenvalue weighted by Crippen LogP contribution is 2.27. The van der Waals surface area contributed by atoms with Crippen LogP contribution < -0.4 is 10.6 Å². The molecule has 28 heavy (non-hydrogen) atoms. The van der Waals surface area contributed by atoms with Gasteiger partial charge in [0.05, 0.1) is 26.8 Å². The van der Waals surface area contributed by atoms with E-state index < -0.39 is 16.6 Å². The van der Waals surface area contributed by atoms with E-state index in [9.17, 15) is 24.1 Å². The number of rotatable bonds is 4. The minimum Gasteiger partial charge on any atom is -0.367 e. The van der Waals surface area contributed by atoms with Crippen LogP contribution in [0, 0.1) is 15.9 Å². The van der Waals surface area contributed by atoms with Gasteiger partial charge in [0.15, 0.2) is 0 Å². The first-order valence-corrected chi connectivity index (χ1v) is 8.73. The number of primary amides is 1. The summed E-state index contributed by atoms with van der Waals surface area (Å²) in [7, 11) is 0. The zero-order valence-electron chi connectivity index (χ0n) is 14.6. The molecular weight excluding hydrogens is 391 g/mol. The topological polar surface area (TPSA) is 110 Å². The Morgan fingerprint density at radius 2 is 1.75 bits per heavy atom. The summed E-state index contributed by atoms with van der Waals surface area (Å²) in [5.41, 5.74) is 5.89. The van der Waals surface area contributed by atoms with Crippen molar-refractivity contribution in [3.63, 3.8) is 0 Å². The summed E-state index contributed by atoms with van der Waals surface area (Å²) < 4.78 is 13.2. The predicted molar refractivity (Wildman–Crippen MR) is 101 cm³/mol. The lowest BCUT2D eigenvalue weighted by Crippen LogP contribution is -2.49. The number of nitrogens with two attached hydrogens (primary N) is 1. The first kappa shape index (κ1) is 19.6. The van der Waals surface area contributed by atoms with Crippen molar-refractivity contribution in [3.05, 3.63) is 68.5 Å². The third-order valence-corrected chi connectivity index (χ3v) is 4.84. The number of benzene rings is 2. The SMILES string of the molecule is NC(=O)c1cc([N+](=O)[O-])ccc1N1CCN(C(=O)c2ccc(F)cc2Cl)CC1. The molecule has 1 heterocycles. The van der Waals surface area contributed by atoms with Gasteiger partial charge in [-0.1, -0.05) is 11.6 Å². The molecule has 3 rings (SSSR count). The quantitative estimate of drug-likeness (QED) is 0.619. The number of hydrogen-bond donors (Lipinski definition) is 1. The molecule has 1 aliphatic rings. The maximum Gasteiger partial charge on any atom is 0.270 e. The van der Waals surface area contributed by atoms with Crippen LogP contribution in [-0.4, -0.2) is 47.8 Å². The monoisotopic (exact) mass is 406 g/mol. The normalized spacial score (nSPS) is 14.1. The molecule has 1 saturated heterocycles. The van der Waals surface area contributed by atoms with Crippen LogP contribution in [0.2, 0.25) is 5.02 Å². The molecule has 0 atom stereocenters. The Kier molecular flexibility index (Phi) is 5.46. The van der Waals surface area contributed by atoms with E-state index in [1.54, 1.807) is 4.90 Å². The van der Waals surface area contributed by atoms with Crippen molar-refractivity contribution in [1.82, 2.24) is 4.90 Å². The molecule has 0 aromatic heterocycles. The molecule has 2 N–H and O–H groups in total. The van der Waals surface area contributed by atoms with Gasteiger partial charge in [0.1, 0.15) is 5.82 Å². The van der Waals surface area contributed by atoms with E-state index in [-0.39, 0.29) is 27.7 Å². The first-order chi connectivity index (χ1) is 13.3. The number of nitrogens with zero attached hydrogens (tertiary/aromatic N) is 3. The molecule has 0 unspecified atom stereocenters. The van der Waals surface area contributed by atoms with Gasteiger partial charge in [0.2, 0.25) is 0 Å². The molecule has 2 aromatic rings. The van der Waals surface area contributed by atoms with Gasteiger partial charge in [0, 0.05) is 38.3 Å². The summed E-state index contributed by atoms with van der Waals surface area (Å²) in [6.07, 6.45) is 0. The van der Waals surface area contributed by atoms with Gasteiger partial charge >= 0.3 is 0 Å². The van der Waals surface area contributed by atoms with E-state index in [0.29, 0.717) is 31.9 Å². The van der Waals surface area contributed by atoms with Crippen molar-refractivity contribution >= 4 is 34.8 Å². The van der Waals surface area contributed by atoms with Gasteiger partial charge in [-0.2, -0.15) is 0 Å². The highest BCUT2D eigenvalue weighted by molar-refractivity contribution is 6.33. The summed E-state index contributed by atoms with van der Waals surface area (Å²) in [4.78, 5) is 38.1. The standard InChI is InChI=1S/C18H16ClFN4O4/c19-15-9-11(20)1-3-13(15)18(26)23-7-5-22(6-8-23)16-4-2-12(24(27)28)10-14(16)17(21)25/h1-4,9-10H,5-8H2,(H2,21,25). The van der Waals surface area contributed by atoms with E-state index >= 15 is 0 Å². The highest BCUT2D eigenvalue weighted by Gasteiger charge is 2.26. The zero-order chi connectivity index (χ0) is 20.4. The Bertz CT molecular complexity index is 961. The third-order valence-electron chi connectivity index (χ3n) is 4.53. The predicted octanol–water partition coefficient (Wildman–Crippen LogP) is 2.45. The van der Waals surface area contributed by atoms with E-state index in [4.69, 9.17) is 17.3 Å². The second-order valence-corrected chi connectivity index (χ2v) is 6.63.